The van der Waals surface area contributed by atoms with Gasteiger partial charge < -0.3 is 14.6 Å². The largest absolute Gasteiger partial charge is 0.489 e. The van der Waals surface area contributed by atoms with E-state index in [-0.39, 0.29) is 24.4 Å². The molecule has 1 N–H and O–H groups in total. The number of allylic oxidation sites excluding steroid dienone is 1. The molecular weight excluding hydrogens is 352 g/mol. The summed E-state index contributed by atoms with van der Waals surface area (Å²) in [4.78, 5) is 11.6. The number of aliphatic hydroxyl groups is 1. The highest BCUT2D eigenvalue weighted by atomic mass is 16.5. The first-order valence-corrected chi connectivity index (χ1v) is 10.1. The molecule has 0 spiro atoms. The summed E-state index contributed by atoms with van der Waals surface area (Å²) in [6, 6.07) is 7.78. The Labute approximate surface area is 168 Å². The molecule has 0 saturated carbocycles. The van der Waals surface area contributed by atoms with E-state index < -0.39 is 0 Å². The SMILES string of the molecule is CC#C[C@@H](CC(=O)OC)c1ccc(OCC2=C[C@H](C[C@H](O)CC)CCC2)cc1. The number of hydrogen-bond acceptors (Lipinski definition) is 4. The third kappa shape index (κ3) is 7.05. The van der Waals surface area contributed by atoms with Gasteiger partial charge in [0.05, 0.1) is 25.6 Å². The number of aliphatic hydroxyl groups excluding tert-OH is 1. The second kappa shape index (κ2) is 11.6. The van der Waals surface area contributed by atoms with Crippen LogP contribution in [0.25, 0.3) is 0 Å². The molecule has 0 unspecified atom stereocenters. The van der Waals surface area contributed by atoms with Gasteiger partial charge in [-0.2, -0.15) is 0 Å². The van der Waals surface area contributed by atoms with E-state index in [2.05, 4.69) is 17.9 Å². The minimum atomic E-state index is -0.264. The number of carbonyl (C=O) groups excluding carboxylic acids is 1. The first-order chi connectivity index (χ1) is 13.5. The molecule has 2 rings (SSSR count). The summed E-state index contributed by atoms with van der Waals surface area (Å²) >= 11 is 0. The van der Waals surface area contributed by atoms with Gasteiger partial charge in [-0.25, -0.2) is 0 Å². The molecular formula is C24H32O4. The summed E-state index contributed by atoms with van der Waals surface area (Å²) in [5.41, 5.74) is 2.29. The quantitative estimate of drug-likeness (QED) is 0.383. The molecule has 0 bridgehead atoms. The first kappa shape index (κ1) is 22.0. The summed E-state index contributed by atoms with van der Waals surface area (Å²) in [6.07, 6.45) is 7.34. The number of benzene rings is 1. The molecule has 28 heavy (non-hydrogen) atoms. The zero-order valence-corrected chi connectivity index (χ0v) is 17.2. The van der Waals surface area contributed by atoms with Gasteiger partial charge in [-0.15, -0.1) is 5.92 Å². The minimum absolute atomic E-state index is 0.168. The second-order valence-electron chi connectivity index (χ2n) is 7.36. The van der Waals surface area contributed by atoms with Crippen molar-refractivity contribution in [1.29, 1.82) is 0 Å². The predicted octanol–water partition coefficient (Wildman–Crippen LogP) is 4.62. The predicted molar refractivity (Wildman–Crippen MR) is 111 cm³/mol. The number of esters is 1. The molecule has 0 fully saturated rings. The van der Waals surface area contributed by atoms with Crippen molar-refractivity contribution in [3.63, 3.8) is 0 Å². The molecule has 1 aromatic carbocycles. The third-order valence-electron chi connectivity index (χ3n) is 5.21. The molecule has 1 aliphatic carbocycles. The lowest BCUT2D eigenvalue weighted by molar-refractivity contribution is -0.140. The van der Waals surface area contributed by atoms with E-state index in [1.165, 1.54) is 12.7 Å². The van der Waals surface area contributed by atoms with Crippen molar-refractivity contribution in [2.45, 2.75) is 64.4 Å². The Morgan fingerprint density at radius 1 is 1.32 bits per heavy atom. The second-order valence-corrected chi connectivity index (χ2v) is 7.36. The average molecular weight is 385 g/mol. The molecule has 1 aromatic rings. The van der Waals surface area contributed by atoms with E-state index in [0.717, 1.165) is 43.4 Å². The van der Waals surface area contributed by atoms with Gasteiger partial charge in [-0.1, -0.05) is 31.1 Å². The molecule has 152 valence electrons. The van der Waals surface area contributed by atoms with Crippen LogP contribution in [0.1, 0.15) is 63.9 Å². The maximum Gasteiger partial charge on any atom is 0.307 e. The van der Waals surface area contributed by atoms with Crippen molar-refractivity contribution >= 4 is 5.97 Å². The molecule has 0 radical (unpaired) electrons. The molecule has 3 atom stereocenters. The average Bonchev–Trinajstić information content (AvgIpc) is 2.72. The number of carbonyl (C=O) groups is 1. The number of hydrogen-bond donors (Lipinski definition) is 1. The van der Waals surface area contributed by atoms with Crippen LogP contribution in [0, 0.1) is 17.8 Å². The molecule has 0 heterocycles. The van der Waals surface area contributed by atoms with Crippen LogP contribution >= 0.6 is 0 Å². The van der Waals surface area contributed by atoms with Crippen LogP contribution in [-0.4, -0.2) is 30.9 Å². The number of rotatable bonds is 9. The molecule has 1 aliphatic rings. The van der Waals surface area contributed by atoms with Crippen molar-refractivity contribution in [1.82, 2.24) is 0 Å². The fourth-order valence-corrected chi connectivity index (χ4v) is 3.56. The molecule has 0 amide bonds. The van der Waals surface area contributed by atoms with Crippen molar-refractivity contribution in [2.24, 2.45) is 5.92 Å². The van der Waals surface area contributed by atoms with Gasteiger partial charge in [0.15, 0.2) is 0 Å². The Bertz CT molecular complexity index is 708. The summed E-state index contributed by atoms with van der Waals surface area (Å²) in [6.45, 7) is 4.37. The highest BCUT2D eigenvalue weighted by Crippen LogP contribution is 2.28. The zero-order valence-electron chi connectivity index (χ0n) is 17.2. The Morgan fingerprint density at radius 3 is 2.71 bits per heavy atom. The highest BCUT2D eigenvalue weighted by Gasteiger charge is 2.17. The molecule has 4 nitrogen and oxygen atoms in total. The normalized spacial score (nSPS) is 18.3. The van der Waals surface area contributed by atoms with E-state index in [9.17, 15) is 9.90 Å². The summed E-state index contributed by atoms with van der Waals surface area (Å²) in [5.74, 6) is 6.79. The van der Waals surface area contributed by atoms with Crippen molar-refractivity contribution in [2.75, 3.05) is 13.7 Å². The minimum Gasteiger partial charge on any atom is -0.489 e. The Morgan fingerprint density at radius 2 is 2.07 bits per heavy atom. The first-order valence-electron chi connectivity index (χ1n) is 10.1. The summed E-state index contributed by atoms with van der Waals surface area (Å²) in [7, 11) is 1.39. The smallest absolute Gasteiger partial charge is 0.307 e. The van der Waals surface area contributed by atoms with Gasteiger partial charge in [-0.3, -0.25) is 4.79 Å². The van der Waals surface area contributed by atoms with Gasteiger partial charge in [-0.05, 0) is 68.2 Å². The van der Waals surface area contributed by atoms with Gasteiger partial charge in [0.1, 0.15) is 12.4 Å². The van der Waals surface area contributed by atoms with Crippen LogP contribution in [0.3, 0.4) is 0 Å². The van der Waals surface area contributed by atoms with Gasteiger partial charge in [0.2, 0.25) is 0 Å². The summed E-state index contributed by atoms with van der Waals surface area (Å²) in [5, 5.41) is 9.88. The fraction of sp³-hybridized carbons (Fsp3) is 0.542. The van der Waals surface area contributed by atoms with Gasteiger partial charge in [0, 0.05) is 0 Å². The zero-order chi connectivity index (χ0) is 20.4. The van der Waals surface area contributed by atoms with Crippen LogP contribution < -0.4 is 4.74 Å². The lowest BCUT2D eigenvalue weighted by atomic mass is 9.86. The van der Waals surface area contributed by atoms with Crippen molar-refractivity contribution in [3.05, 3.63) is 41.5 Å². The number of methoxy groups -OCH3 is 1. The lowest BCUT2D eigenvalue weighted by Crippen LogP contribution is -2.15. The van der Waals surface area contributed by atoms with Crippen LogP contribution in [0.15, 0.2) is 35.9 Å². The molecule has 0 aromatic heterocycles. The third-order valence-corrected chi connectivity index (χ3v) is 5.21. The maximum absolute atomic E-state index is 11.6. The van der Waals surface area contributed by atoms with Crippen LogP contribution in [0.2, 0.25) is 0 Å². The monoisotopic (exact) mass is 384 g/mol. The molecule has 4 heteroatoms. The van der Waals surface area contributed by atoms with Crippen molar-refractivity contribution < 1.29 is 19.4 Å². The van der Waals surface area contributed by atoms with E-state index in [4.69, 9.17) is 9.47 Å². The van der Waals surface area contributed by atoms with Crippen LogP contribution in [0.4, 0.5) is 0 Å². The number of ether oxygens (including phenoxy) is 2. The van der Waals surface area contributed by atoms with Gasteiger partial charge >= 0.3 is 5.97 Å². The topological polar surface area (TPSA) is 55.8 Å². The van der Waals surface area contributed by atoms with Crippen molar-refractivity contribution in [3.8, 4) is 17.6 Å². The lowest BCUT2D eigenvalue weighted by Gasteiger charge is -2.23. The summed E-state index contributed by atoms with van der Waals surface area (Å²) < 4.78 is 10.7. The molecule has 0 aliphatic heterocycles. The maximum atomic E-state index is 11.6. The molecule has 0 saturated heterocycles. The Hall–Kier alpha value is -2.25. The van der Waals surface area contributed by atoms with Crippen LogP contribution in [0.5, 0.6) is 5.75 Å². The van der Waals surface area contributed by atoms with Gasteiger partial charge in [0.25, 0.3) is 0 Å². The van der Waals surface area contributed by atoms with E-state index in [0.29, 0.717) is 12.5 Å². The fourth-order valence-electron chi connectivity index (χ4n) is 3.56. The Kier molecular flexibility index (Phi) is 9.10. The Balaban J connectivity index is 1.94. The van der Waals surface area contributed by atoms with E-state index >= 15 is 0 Å². The van der Waals surface area contributed by atoms with Crippen LogP contribution in [-0.2, 0) is 9.53 Å². The van der Waals surface area contributed by atoms with E-state index in [1.54, 1.807) is 6.92 Å². The standard InChI is InChI=1S/C24H32O4/c1-4-7-21(16-24(26)27-3)20-10-12-23(13-11-20)28-17-19-9-6-8-18(14-19)15-22(25)5-2/h10-14,18,21-22,25H,5-6,8-9,15-17H2,1-3H3/t18-,21+,22-/m1/s1. The van der Waals surface area contributed by atoms with E-state index in [1.807, 2.05) is 31.2 Å². The highest BCUT2D eigenvalue weighted by molar-refractivity contribution is 5.71.